The van der Waals surface area contributed by atoms with Gasteiger partial charge in [0.05, 0.1) is 13.2 Å². The Balaban J connectivity index is 2.00. The van der Waals surface area contributed by atoms with Crippen LogP contribution in [0.5, 0.6) is 0 Å². The average Bonchev–Trinajstić information content (AvgIpc) is 2.88. The van der Waals surface area contributed by atoms with E-state index in [0.717, 1.165) is 15.9 Å². The number of rotatable bonds is 7. The molecule has 0 amide bonds. The number of aliphatic hydroxyl groups excluding tert-OH is 2. The molecular formula is C28H26O4P+. The normalized spacial score (nSPS) is 14.8. The summed E-state index contributed by atoms with van der Waals surface area (Å²) in [7, 11) is -2.39. The molecule has 0 spiro atoms. The van der Waals surface area contributed by atoms with Gasteiger partial charge in [-0.1, -0.05) is 54.6 Å². The average molecular weight is 457 g/mol. The van der Waals surface area contributed by atoms with Gasteiger partial charge in [-0.2, -0.15) is 0 Å². The molecule has 33 heavy (non-hydrogen) atoms. The van der Waals surface area contributed by atoms with Crippen molar-refractivity contribution < 1.29 is 19.8 Å². The van der Waals surface area contributed by atoms with Crippen molar-refractivity contribution in [3.8, 4) is 0 Å². The zero-order valence-corrected chi connectivity index (χ0v) is 19.3. The Bertz CT molecular complexity index is 1130. The molecule has 5 heteroatoms. The molecule has 0 atom stereocenters. The maximum atomic E-state index is 13.5. The predicted molar refractivity (Wildman–Crippen MR) is 134 cm³/mol. The molecule has 1 aliphatic rings. The van der Waals surface area contributed by atoms with E-state index < -0.39 is 20.5 Å². The third-order valence-electron chi connectivity index (χ3n) is 6.28. The van der Waals surface area contributed by atoms with Gasteiger partial charge in [-0.05, 0) is 43.3 Å². The highest BCUT2D eigenvalue weighted by Crippen LogP contribution is 2.57. The number of Topliss-reactive ketones (excluding diaryl/α,β-unsaturated/α-hetero) is 2. The van der Waals surface area contributed by atoms with Gasteiger partial charge in [0.1, 0.15) is 29.3 Å². The second-order valence-electron chi connectivity index (χ2n) is 8.01. The fraction of sp³-hybridized carbons (Fsp3) is 0.143. The highest BCUT2D eigenvalue weighted by atomic mass is 31.2. The van der Waals surface area contributed by atoms with Gasteiger partial charge in [0.2, 0.25) is 0 Å². The molecule has 0 saturated heterocycles. The lowest BCUT2D eigenvalue weighted by Gasteiger charge is -2.30. The third kappa shape index (κ3) is 4.02. The number of carbonyl (C=O) groups is 2. The third-order valence-corrected chi connectivity index (χ3v) is 10.6. The van der Waals surface area contributed by atoms with Gasteiger partial charge in [-0.25, -0.2) is 0 Å². The largest absolute Gasteiger partial charge is 0.392 e. The summed E-state index contributed by atoms with van der Waals surface area (Å²) in [6.07, 6.45) is 0.351. The number of benzene rings is 3. The number of hydrogen-bond acceptors (Lipinski definition) is 4. The first kappa shape index (κ1) is 23.0. The molecular weight excluding hydrogens is 431 g/mol. The minimum atomic E-state index is -2.39. The number of ketones is 2. The van der Waals surface area contributed by atoms with Crippen molar-refractivity contribution in [2.45, 2.75) is 6.92 Å². The molecule has 2 N–H and O–H groups in total. The lowest BCUT2D eigenvalue weighted by molar-refractivity contribution is -0.117. The van der Waals surface area contributed by atoms with Gasteiger partial charge in [-0.15, -0.1) is 0 Å². The number of allylic oxidation sites excluding steroid dienone is 2. The highest BCUT2D eigenvalue weighted by molar-refractivity contribution is 7.95. The Hall–Kier alpha value is -3.17. The molecule has 0 bridgehead atoms. The SMILES string of the molecule is CC1=C(C[P+](c2ccccc2)(c2ccccc2)c2ccccc2)C(=O)C(CO)=C(CO)C1=O. The fourth-order valence-corrected chi connectivity index (χ4v) is 8.86. The highest BCUT2D eigenvalue weighted by Gasteiger charge is 2.48. The second kappa shape index (κ2) is 9.76. The topological polar surface area (TPSA) is 74.6 Å². The number of aliphatic hydroxyl groups is 2. The monoisotopic (exact) mass is 457 g/mol. The second-order valence-corrected chi connectivity index (χ2v) is 11.5. The fourth-order valence-electron chi connectivity index (χ4n) is 4.52. The Morgan fingerprint density at radius 1 is 0.576 bits per heavy atom. The van der Waals surface area contributed by atoms with Gasteiger partial charge < -0.3 is 10.2 Å². The van der Waals surface area contributed by atoms with E-state index in [-0.39, 0.29) is 22.7 Å². The molecule has 4 rings (SSSR count). The van der Waals surface area contributed by atoms with Crippen LogP contribution in [-0.4, -0.2) is 41.2 Å². The minimum Gasteiger partial charge on any atom is -0.392 e. The van der Waals surface area contributed by atoms with E-state index in [1.807, 2.05) is 54.6 Å². The molecule has 0 aliphatic heterocycles. The maximum Gasteiger partial charge on any atom is 0.191 e. The summed E-state index contributed by atoms with van der Waals surface area (Å²) in [5.41, 5.74) is 0.738. The molecule has 3 aromatic carbocycles. The molecule has 4 nitrogen and oxygen atoms in total. The molecule has 0 radical (unpaired) electrons. The summed E-state index contributed by atoms with van der Waals surface area (Å²) in [4.78, 5) is 26.6. The molecule has 0 aromatic heterocycles. The van der Waals surface area contributed by atoms with Crippen LogP contribution in [0.1, 0.15) is 6.92 Å². The standard InChI is InChI=1S/C28H26O4P/c1-20-26(28(32)25(18-30)24(17-29)27(20)31)19-33(21-11-5-2-6-12-21,22-13-7-3-8-14-22)23-15-9-4-10-16-23/h2-16,29-30H,17-19H2,1H3/q+1. The van der Waals surface area contributed by atoms with Crippen molar-refractivity contribution in [2.24, 2.45) is 0 Å². The van der Waals surface area contributed by atoms with Crippen molar-refractivity contribution in [3.05, 3.63) is 113 Å². The van der Waals surface area contributed by atoms with Crippen LogP contribution < -0.4 is 15.9 Å². The van der Waals surface area contributed by atoms with E-state index in [2.05, 4.69) is 36.4 Å². The van der Waals surface area contributed by atoms with E-state index in [4.69, 9.17) is 0 Å². The molecule has 0 heterocycles. The van der Waals surface area contributed by atoms with E-state index in [9.17, 15) is 19.8 Å². The predicted octanol–water partition coefficient (Wildman–Crippen LogP) is 2.73. The van der Waals surface area contributed by atoms with Gasteiger partial charge in [0.25, 0.3) is 0 Å². The first-order valence-corrected chi connectivity index (χ1v) is 12.8. The summed E-state index contributed by atoms with van der Waals surface area (Å²) < 4.78 is 0. The van der Waals surface area contributed by atoms with Gasteiger partial charge in [0.15, 0.2) is 11.6 Å². The van der Waals surface area contributed by atoms with Crippen LogP contribution in [0.3, 0.4) is 0 Å². The number of carbonyl (C=O) groups excluding carboxylic acids is 2. The van der Waals surface area contributed by atoms with Crippen molar-refractivity contribution in [1.29, 1.82) is 0 Å². The molecule has 1 aliphatic carbocycles. The Morgan fingerprint density at radius 2 is 0.939 bits per heavy atom. The first-order chi connectivity index (χ1) is 16.0. The molecule has 166 valence electrons. The zero-order valence-electron chi connectivity index (χ0n) is 18.4. The van der Waals surface area contributed by atoms with E-state index in [1.54, 1.807) is 6.92 Å². The van der Waals surface area contributed by atoms with E-state index in [0.29, 0.717) is 17.3 Å². The summed E-state index contributed by atoms with van der Waals surface area (Å²) in [5, 5.41) is 22.9. The Morgan fingerprint density at radius 3 is 1.30 bits per heavy atom. The molecule has 0 saturated carbocycles. The summed E-state index contributed by atoms with van der Waals surface area (Å²) in [5.74, 6) is -0.728. The van der Waals surface area contributed by atoms with Crippen molar-refractivity contribution in [2.75, 3.05) is 19.4 Å². The van der Waals surface area contributed by atoms with Crippen LogP contribution >= 0.6 is 7.26 Å². The Labute approximate surface area is 194 Å². The lowest BCUT2D eigenvalue weighted by Crippen LogP contribution is -2.37. The van der Waals surface area contributed by atoms with Gasteiger partial charge >= 0.3 is 0 Å². The smallest absolute Gasteiger partial charge is 0.191 e. The minimum absolute atomic E-state index is 0.00427. The summed E-state index contributed by atoms with van der Waals surface area (Å²) in [6, 6.07) is 30.4. The summed E-state index contributed by atoms with van der Waals surface area (Å²) >= 11 is 0. The quantitative estimate of drug-likeness (QED) is 0.423. The maximum absolute atomic E-state index is 13.5. The van der Waals surface area contributed by atoms with Crippen LogP contribution in [-0.2, 0) is 9.59 Å². The van der Waals surface area contributed by atoms with Crippen LogP contribution in [0.2, 0.25) is 0 Å². The van der Waals surface area contributed by atoms with Gasteiger partial charge in [-0.3, -0.25) is 9.59 Å². The van der Waals surface area contributed by atoms with Crippen molar-refractivity contribution in [3.63, 3.8) is 0 Å². The lowest BCUT2D eigenvalue weighted by atomic mass is 9.86. The van der Waals surface area contributed by atoms with Crippen LogP contribution in [0, 0.1) is 0 Å². The van der Waals surface area contributed by atoms with E-state index >= 15 is 0 Å². The van der Waals surface area contributed by atoms with E-state index in [1.165, 1.54) is 0 Å². The molecule has 0 fully saturated rings. The molecule has 0 unspecified atom stereocenters. The van der Waals surface area contributed by atoms with Crippen LogP contribution in [0.15, 0.2) is 113 Å². The zero-order chi connectivity index (χ0) is 23.4. The van der Waals surface area contributed by atoms with Crippen molar-refractivity contribution >= 4 is 34.7 Å². The Kier molecular flexibility index (Phi) is 6.80. The summed E-state index contributed by atoms with van der Waals surface area (Å²) in [6.45, 7) is 0.501. The van der Waals surface area contributed by atoms with Crippen LogP contribution in [0.4, 0.5) is 0 Å². The first-order valence-electron chi connectivity index (χ1n) is 10.8. The van der Waals surface area contributed by atoms with Gasteiger partial charge in [0, 0.05) is 22.3 Å². The van der Waals surface area contributed by atoms with Crippen LogP contribution in [0.25, 0.3) is 0 Å². The van der Waals surface area contributed by atoms with Crippen molar-refractivity contribution in [1.82, 2.24) is 0 Å². The number of hydrogen-bond donors (Lipinski definition) is 2. The molecule has 3 aromatic rings.